The minimum Gasteiger partial charge on any atom is -0.491 e. The highest BCUT2D eigenvalue weighted by atomic mass is 19.1. The van der Waals surface area contributed by atoms with Gasteiger partial charge in [-0.2, -0.15) is 0 Å². The van der Waals surface area contributed by atoms with Crippen LogP contribution in [0.5, 0.6) is 11.5 Å². The Morgan fingerprint density at radius 3 is 2.08 bits per heavy atom. The lowest BCUT2D eigenvalue weighted by Gasteiger charge is -2.11. The van der Waals surface area contributed by atoms with Crippen molar-refractivity contribution in [2.75, 3.05) is 13.2 Å². The molecule has 1 atom stereocenters. The van der Waals surface area contributed by atoms with Crippen LogP contribution in [0.15, 0.2) is 36.7 Å². The monoisotopic (exact) mass is 526 g/mol. The van der Waals surface area contributed by atoms with Crippen molar-refractivity contribution in [1.82, 2.24) is 9.97 Å². The first kappa shape index (κ1) is 30.4. The van der Waals surface area contributed by atoms with E-state index in [4.69, 9.17) is 9.47 Å². The van der Waals surface area contributed by atoms with Crippen molar-refractivity contribution in [3.8, 4) is 22.9 Å². The van der Waals surface area contributed by atoms with Gasteiger partial charge in [-0.05, 0) is 43.0 Å². The Hall–Kier alpha value is -2.17. The largest absolute Gasteiger partial charge is 0.491 e. The van der Waals surface area contributed by atoms with E-state index in [0.29, 0.717) is 30.4 Å². The average molecular weight is 527 g/mol. The molecule has 1 fully saturated rings. The predicted octanol–water partition coefficient (Wildman–Crippen LogP) is 9.91. The smallest absolute Gasteiger partial charge is 0.159 e. The zero-order valence-electron chi connectivity index (χ0n) is 23.8. The topological polar surface area (TPSA) is 44.2 Å². The first-order valence-electron chi connectivity index (χ1n) is 15.6. The summed E-state index contributed by atoms with van der Waals surface area (Å²) in [4.78, 5) is 8.91. The molecular formula is C33H51FN2O2. The highest BCUT2D eigenvalue weighted by Crippen LogP contribution is 2.29. The minimum atomic E-state index is -0.914. The van der Waals surface area contributed by atoms with E-state index in [1.54, 1.807) is 12.4 Å². The number of benzene rings is 1. The number of ether oxygens (including phenoxy) is 2. The fourth-order valence-corrected chi connectivity index (χ4v) is 5.39. The van der Waals surface area contributed by atoms with Gasteiger partial charge in [-0.1, -0.05) is 110 Å². The van der Waals surface area contributed by atoms with Crippen molar-refractivity contribution in [3.63, 3.8) is 0 Å². The first-order chi connectivity index (χ1) is 18.7. The maximum absolute atomic E-state index is 14.0. The van der Waals surface area contributed by atoms with Gasteiger partial charge in [-0.3, -0.25) is 0 Å². The molecule has 1 unspecified atom stereocenters. The van der Waals surface area contributed by atoms with Crippen LogP contribution in [0.25, 0.3) is 11.4 Å². The molecule has 1 aliphatic rings. The summed E-state index contributed by atoms with van der Waals surface area (Å²) in [5.41, 5.74) is 0.902. The summed E-state index contributed by atoms with van der Waals surface area (Å²) in [6.07, 6.45) is 25.5. The molecule has 0 spiro atoms. The van der Waals surface area contributed by atoms with Crippen LogP contribution in [-0.2, 0) is 0 Å². The fourth-order valence-electron chi connectivity index (χ4n) is 5.39. The second-order valence-electron chi connectivity index (χ2n) is 11.1. The van der Waals surface area contributed by atoms with Crippen molar-refractivity contribution in [2.45, 2.75) is 129 Å². The lowest BCUT2D eigenvalue weighted by molar-refractivity contribution is 0.184. The van der Waals surface area contributed by atoms with Crippen LogP contribution in [0.4, 0.5) is 4.39 Å². The van der Waals surface area contributed by atoms with Crippen molar-refractivity contribution in [3.05, 3.63) is 36.7 Å². The number of unbranched alkanes of at least 4 members (excludes halogenated alkanes) is 10. The Bertz CT molecular complexity index is 837. The Morgan fingerprint density at radius 2 is 1.39 bits per heavy atom. The number of hydrogen-bond acceptors (Lipinski definition) is 4. The molecular weight excluding hydrogens is 475 g/mol. The van der Waals surface area contributed by atoms with E-state index in [1.807, 2.05) is 24.3 Å². The number of aromatic nitrogens is 2. The molecule has 1 aliphatic carbocycles. The lowest BCUT2D eigenvalue weighted by atomic mass is 9.99. The van der Waals surface area contributed by atoms with Crippen molar-refractivity contribution < 1.29 is 13.9 Å². The summed E-state index contributed by atoms with van der Waals surface area (Å²) >= 11 is 0. The maximum Gasteiger partial charge on any atom is 0.159 e. The van der Waals surface area contributed by atoms with Crippen LogP contribution < -0.4 is 9.47 Å². The van der Waals surface area contributed by atoms with Gasteiger partial charge in [0.25, 0.3) is 0 Å². The van der Waals surface area contributed by atoms with Gasteiger partial charge in [0.15, 0.2) is 11.6 Å². The standard InChI is InChI=1S/C33H51FN2O2/c1-2-3-4-12-19-30(34)27-38-31-22-20-29(21-23-31)33-35-25-32(26-36-33)37-24-15-10-8-6-5-7-9-11-16-28-17-13-14-18-28/h20-23,25-26,28,30H,2-19,24,27H2,1H3. The zero-order chi connectivity index (χ0) is 26.7. The first-order valence-corrected chi connectivity index (χ1v) is 15.6. The van der Waals surface area contributed by atoms with Gasteiger partial charge in [0, 0.05) is 5.56 Å². The number of rotatable bonds is 21. The molecule has 0 N–H and O–H groups in total. The van der Waals surface area contributed by atoms with Gasteiger partial charge in [-0.25, -0.2) is 14.4 Å². The molecule has 4 nitrogen and oxygen atoms in total. The Kier molecular flexibility index (Phi) is 15.2. The summed E-state index contributed by atoms with van der Waals surface area (Å²) < 4.78 is 25.5. The second-order valence-corrected chi connectivity index (χ2v) is 11.1. The van der Waals surface area contributed by atoms with E-state index >= 15 is 0 Å². The third-order valence-corrected chi connectivity index (χ3v) is 7.79. The lowest BCUT2D eigenvalue weighted by Crippen LogP contribution is -2.12. The average Bonchev–Trinajstić information content (AvgIpc) is 3.47. The molecule has 0 aliphatic heterocycles. The van der Waals surface area contributed by atoms with Crippen LogP contribution in [0.1, 0.15) is 122 Å². The molecule has 1 aromatic carbocycles. The molecule has 38 heavy (non-hydrogen) atoms. The Morgan fingerprint density at radius 1 is 0.763 bits per heavy atom. The highest BCUT2D eigenvalue weighted by Gasteiger charge is 2.13. The van der Waals surface area contributed by atoms with E-state index < -0.39 is 6.17 Å². The fraction of sp³-hybridized carbons (Fsp3) is 0.697. The van der Waals surface area contributed by atoms with Gasteiger partial charge in [0.05, 0.1) is 19.0 Å². The number of halogens is 1. The molecule has 1 heterocycles. The summed E-state index contributed by atoms with van der Waals surface area (Å²) in [6, 6.07) is 7.53. The minimum absolute atomic E-state index is 0.106. The van der Waals surface area contributed by atoms with Crippen molar-refractivity contribution in [2.24, 2.45) is 5.92 Å². The van der Waals surface area contributed by atoms with E-state index in [-0.39, 0.29) is 6.61 Å². The van der Waals surface area contributed by atoms with E-state index in [2.05, 4.69) is 16.9 Å². The van der Waals surface area contributed by atoms with Crippen LogP contribution in [0, 0.1) is 5.92 Å². The van der Waals surface area contributed by atoms with Gasteiger partial charge in [0.2, 0.25) is 0 Å². The van der Waals surface area contributed by atoms with Crippen LogP contribution in [0.3, 0.4) is 0 Å². The molecule has 0 radical (unpaired) electrons. The SMILES string of the molecule is CCCCCCC(F)COc1ccc(-c2ncc(OCCCCCCCCCCC3CCCC3)cn2)cc1. The molecule has 2 aromatic rings. The third-order valence-electron chi connectivity index (χ3n) is 7.79. The summed E-state index contributed by atoms with van der Waals surface area (Å²) in [5, 5.41) is 0. The van der Waals surface area contributed by atoms with E-state index in [9.17, 15) is 4.39 Å². The Labute approximate surface area is 231 Å². The van der Waals surface area contributed by atoms with Gasteiger partial charge in [-0.15, -0.1) is 0 Å². The molecule has 0 amide bonds. The van der Waals surface area contributed by atoms with Crippen LogP contribution in [0.2, 0.25) is 0 Å². The van der Waals surface area contributed by atoms with Crippen LogP contribution >= 0.6 is 0 Å². The maximum atomic E-state index is 14.0. The number of nitrogens with zero attached hydrogens (tertiary/aromatic N) is 2. The predicted molar refractivity (Wildman–Crippen MR) is 156 cm³/mol. The van der Waals surface area contributed by atoms with Crippen molar-refractivity contribution >= 4 is 0 Å². The van der Waals surface area contributed by atoms with Crippen molar-refractivity contribution in [1.29, 1.82) is 0 Å². The highest BCUT2D eigenvalue weighted by molar-refractivity contribution is 5.56. The third kappa shape index (κ3) is 12.6. The van der Waals surface area contributed by atoms with E-state index in [1.165, 1.54) is 89.9 Å². The molecule has 1 aromatic heterocycles. The quantitative estimate of drug-likeness (QED) is 0.152. The molecule has 0 saturated heterocycles. The van der Waals surface area contributed by atoms with E-state index in [0.717, 1.165) is 30.7 Å². The number of alkyl halides is 1. The van der Waals surface area contributed by atoms with Gasteiger partial charge < -0.3 is 9.47 Å². The normalized spacial score (nSPS) is 14.6. The van der Waals surface area contributed by atoms with Gasteiger partial charge >= 0.3 is 0 Å². The zero-order valence-corrected chi connectivity index (χ0v) is 23.8. The summed E-state index contributed by atoms with van der Waals surface area (Å²) in [7, 11) is 0. The summed E-state index contributed by atoms with van der Waals surface area (Å²) in [5.74, 6) is 3.08. The van der Waals surface area contributed by atoms with Gasteiger partial charge in [0.1, 0.15) is 18.5 Å². The summed E-state index contributed by atoms with van der Waals surface area (Å²) in [6.45, 7) is 2.98. The molecule has 0 bridgehead atoms. The molecule has 5 heteroatoms. The molecule has 212 valence electrons. The Balaban J connectivity index is 1.21. The molecule has 1 saturated carbocycles. The second kappa shape index (κ2) is 19.0. The van der Waals surface area contributed by atoms with Crippen LogP contribution in [-0.4, -0.2) is 29.4 Å². The molecule has 3 rings (SSSR count). The number of hydrogen-bond donors (Lipinski definition) is 0.